The van der Waals surface area contributed by atoms with Gasteiger partial charge in [0.05, 0.1) is 26.9 Å². The van der Waals surface area contributed by atoms with E-state index in [4.69, 9.17) is 11.6 Å². The fourth-order valence-electron chi connectivity index (χ4n) is 6.32. The van der Waals surface area contributed by atoms with Crippen LogP contribution in [0.2, 0.25) is 5.02 Å². The van der Waals surface area contributed by atoms with E-state index in [0.29, 0.717) is 16.2 Å². The summed E-state index contributed by atoms with van der Waals surface area (Å²) in [6, 6.07) is 9.77. The van der Waals surface area contributed by atoms with Crippen LogP contribution in [0, 0.1) is 27.9 Å². The van der Waals surface area contributed by atoms with Crippen molar-refractivity contribution in [3.05, 3.63) is 96.5 Å². The highest BCUT2D eigenvalue weighted by Crippen LogP contribution is 2.56. The van der Waals surface area contributed by atoms with Gasteiger partial charge in [-0.05, 0) is 59.0 Å². The van der Waals surface area contributed by atoms with Crippen LogP contribution in [0.15, 0.2) is 75.8 Å². The van der Waals surface area contributed by atoms with Gasteiger partial charge in [-0.1, -0.05) is 29.3 Å². The number of allylic oxidation sites excluding steroid dienone is 6. The summed E-state index contributed by atoms with van der Waals surface area (Å²) in [5.41, 5.74) is 1.26. The zero-order valence-electron chi connectivity index (χ0n) is 20.0. The number of non-ortho nitro benzene ring substituents is 1. The topological polar surface area (TPSA) is 135 Å². The number of ketones is 2. The molecule has 1 aliphatic heterocycles. The number of carbonyl (C=O) groups is 4. The van der Waals surface area contributed by atoms with Crippen molar-refractivity contribution in [1.29, 1.82) is 0 Å². The van der Waals surface area contributed by atoms with Crippen LogP contribution in [0.3, 0.4) is 0 Å². The SMILES string of the molecule is O=C1C=C(Br)C(=O)C2=C1C(c1cc(Cl)ccc1O)C1=CCC3C(=O)N(c4cccc([N+](=O)[O-])c4)C(=O)C3C1C2. The lowest BCUT2D eigenvalue weighted by Gasteiger charge is -2.42. The quantitative estimate of drug-likeness (QED) is 0.172. The summed E-state index contributed by atoms with van der Waals surface area (Å²) in [7, 11) is 0. The Morgan fingerprint density at radius 2 is 1.82 bits per heavy atom. The van der Waals surface area contributed by atoms with E-state index in [9.17, 15) is 34.4 Å². The first-order valence-corrected chi connectivity index (χ1v) is 13.3. The molecule has 1 heterocycles. The number of phenols is 1. The van der Waals surface area contributed by atoms with Gasteiger partial charge in [0.1, 0.15) is 5.75 Å². The molecule has 3 aliphatic carbocycles. The van der Waals surface area contributed by atoms with Gasteiger partial charge in [-0.2, -0.15) is 0 Å². The molecule has 0 saturated carbocycles. The summed E-state index contributed by atoms with van der Waals surface area (Å²) >= 11 is 9.43. The minimum atomic E-state index is -0.859. The molecule has 196 valence electrons. The first kappa shape index (κ1) is 25.4. The van der Waals surface area contributed by atoms with Crippen LogP contribution in [-0.4, -0.2) is 33.4 Å². The number of hydrogen-bond acceptors (Lipinski definition) is 7. The number of phenolic OH excluding ortho intramolecular Hbond substituents is 1. The highest BCUT2D eigenvalue weighted by molar-refractivity contribution is 9.12. The normalized spacial score (nSPS) is 26.2. The van der Waals surface area contributed by atoms with Crippen molar-refractivity contribution in [2.24, 2.45) is 17.8 Å². The van der Waals surface area contributed by atoms with Gasteiger partial charge in [-0.15, -0.1) is 0 Å². The Balaban J connectivity index is 1.49. The Kier molecular flexibility index (Phi) is 5.92. The fourth-order valence-corrected chi connectivity index (χ4v) is 6.95. The minimum Gasteiger partial charge on any atom is -0.508 e. The molecule has 4 atom stereocenters. The summed E-state index contributed by atoms with van der Waals surface area (Å²) < 4.78 is 0.0900. The van der Waals surface area contributed by atoms with E-state index in [1.807, 2.05) is 6.08 Å². The number of aromatic hydroxyl groups is 1. The molecule has 0 aromatic heterocycles. The van der Waals surface area contributed by atoms with Crippen molar-refractivity contribution >= 4 is 62.3 Å². The zero-order valence-corrected chi connectivity index (χ0v) is 22.3. The van der Waals surface area contributed by atoms with Crippen LogP contribution in [0.5, 0.6) is 5.75 Å². The lowest BCUT2D eigenvalue weighted by atomic mass is 9.59. The van der Waals surface area contributed by atoms with Gasteiger partial charge in [0.15, 0.2) is 11.6 Å². The van der Waals surface area contributed by atoms with E-state index in [1.54, 1.807) is 0 Å². The van der Waals surface area contributed by atoms with Gasteiger partial charge in [-0.3, -0.25) is 29.3 Å². The van der Waals surface area contributed by atoms with Crippen LogP contribution in [0.4, 0.5) is 11.4 Å². The Bertz CT molecular complexity index is 1640. The van der Waals surface area contributed by atoms with Crippen molar-refractivity contribution in [2.45, 2.75) is 18.8 Å². The molecule has 0 radical (unpaired) electrons. The summed E-state index contributed by atoms with van der Waals surface area (Å²) in [5, 5.41) is 22.4. The molecular weight excluding hydrogens is 592 g/mol. The van der Waals surface area contributed by atoms with E-state index in [-0.39, 0.29) is 45.6 Å². The van der Waals surface area contributed by atoms with Gasteiger partial charge in [0, 0.05) is 45.9 Å². The average Bonchev–Trinajstić information content (AvgIpc) is 3.17. The van der Waals surface area contributed by atoms with Gasteiger partial charge in [0.2, 0.25) is 11.8 Å². The molecule has 39 heavy (non-hydrogen) atoms. The molecule has 0 spiro atoms. The maximum Gasteiger partial charge on any atom is 0.271 e. The Labute approximate surface area is 234 Å². The Morgan fingerprint density at radius 1 is 1.05 bits per heavy atom. The number of rotatable bonds is 3. The predicted octanol–water partition coefficient (Wildman–Crippen LogP) is 4.92. The second-order valence-electron chi connectivity index (χ2n) is 9.89. The van der Waals surface area contributed by atoms with Gasteiger partial charge in [0.25, 0.3) is 5.69 Å². The molecule has 4 unspecified atom stereocenters. The Morgan fingerprint density at radius 3 is 2.56 bits per heavy atom. The number of benzene rings is 2. The van der Waals surface area contributed by atoms with E-state index in [0.717, 1.165) is 4.90 Å². The number of nitrogens with zero attached hydrogens (tertiary/aromatic N) is 2. The number of fused-ring (bicyclic) bond motifs is 3. The second-order valence-corrected chi connectivity index (χ2v) is 11.2. The number of carbonyl (C=O) groups excluding carboxylic acids is 4. The third-order valence-corrected chi connectivity index (χ3v) is 8.75. The van der Waals surface area contributed by atoms with Crippen LogP contribution in [0.1, 0.15) is 24.3 Å². The van der Waals surface area contributed by atoms with Crippen molar-refractivity contribution in [3.63, 3.8) is 0 Å². The number of amides is 2. The number of imide groups is 1. The number of anilines is 1. The van der Waals surface area contributed by atoms with Gasteiger partial charge in [-0.25, -0.2) is 4.90 Å². The molecule has 6 rings (SSSR count). The number of hydrogen-bond donors (Lipinski definition) is 1. The van der Waals surface area contributed by atoms with Crippen molar-refractivity contribution in [2.75, 3.05) is 4.90 Å². The van der Waals surface area contributed by atoms with E-state index >= 15 is 0 Å². The molecule has 9 nitrogen and oxygen atoms in total. The zero-order chi connectivity index (χ0) is 27.7. The fraction of sp³-hybridized carbons (Fsp3) is 0.214. The maximum absolute atomic E-state index is 13.9. The van der Waals surface area contributed by atoms with Crippen molar-refractivity contribution in [3.8, 4) is 5.75 Å². The standard InChI is InChI=1S/C28H18BrClN2O7/c29-20-11-22(34)25-19(26(20)35)10-17-15(23(25)18-8-12(30)4-7-21(18)33)5-6-16-24(17)28(37)31(27(16)36)13-2-1-3-14(9-13)32(38)39/h1-5,7-9,11,16-17,23-24,33H,6,10H2. The van der Waals surface area contributed by atoms with Crippen LogP contribution < -0.4 is 4.90 Å². The monoisotopic (exact) mass is 608 g/mol. The van der Waals surface area contributed by atoms with Gasteiger partial charge < -0.3 is 5.11 Å². The van der Waals surface area contributed by atoms with Crippen LogP contribution in [-0.2, 0) is 19.2 Å². The average molecular weight is 610 g/mol. The molecule has 0 bridgehead atoms. The number of Topliss-reactive ketones (excluding diaryl/α,β-unsaturated/α-hetero) is 1. The third-order valence-electron chi connectivity index (χ3n) is 7.93. The summed E-state index contributed by atoms with van der Waals surface area (Å²) in [6.45, 7) is 0. The molecule has 11 heteroatoms. The van der Waals surface area contributed by atoms with Crippen LogP contribution in [0.25, 0.3) is 0 Å². The largest absolute Gasteiger partial charge is 0.508 e. The predicted molar refractivity (Wildman–Crippen MR) is 143 cm³/mol. The second kappa shape index (κ2) is 9.10. The lowest BCUT2D eigenvalue weighted by Crippen LogP contribution is -2.39. The molecular formula is C28H18BrClN2O7. The lowest BCUT2D eigenvalue weighted by molar-refractivity contribution is -0.384. The third kappa shape index (κ3) is 3.81. The molecule has 2 amide bonds. The van der Waals surface area contributed by atoms with Crippen molar-refractivity contribution < 1.29 is 29.2 Å². The number of nitro groups is 1. The summed E-state index contributed by atoms with van der Waals surface area (Å²) in [5.74, 6) is -4.99. The van der Waals surface area contributed by atoms with Crippen LogP contribution >= 0.6 is 27.5 Å². The minimum absolute atomic E-state index is 0.0511. The highest BCUT2D eigenvalue weighted by Gasteiger charge is 2.57. The Hall–Kier alpha value is -3.89. The number of nitro benzene ring substituents is 1. The summed E-state index contributed by atoms with van der Waals surface area (Å²) in [4.78, 5) is 65.6. The first-order chi connectivity index (χ1) is 18.6. The molecule has 1 saturated heterocycles. The van der Waals surface area contributed by atoms with E-state index < -0.39 is 52.0 Å². The molecule has 4 aliphatic rings. The molecule has 1 N–H and O–H groups in total. The molecule has 2 aromatic carbocycles. The van der Waals surface area contributed by atoms with Crippen molar-refractivity contribution in [1.82, 2.24) is 0 Å². The van der Waals surface area contributed by atoms with E-state index in [2.05, 4.69) is 15.9 Å². The number of halogens is 2. The molecule has 2 aromatic rings. The van der Waals surface area contributed by atoms with Gasteiger partial charge >= 0.3 is 0 Å². The smallest absolute Gasteiger partial charge is 0.271 e. The first-order valence-electron chi connectivity index (χ1n) is 12.1. The maximum atomic E-state index is 13.9. The summed E-state index contributed by atoms with van der Waals surface area (Å²) in [6.07, 6.45) is 3.26. The molecule has 1 fully saturated rings. The highest BCUT2D eigenvalue weighted by atomic mass is 79.9. The van der Waals surface area contributed by atoms with E-state index in [1.165, 1.54) is 48.5 Å².